The van der Waals surface area contributed by atoms with E-state index in [0.717, 1.165) is 5.69 Å². The number of hydrogen-bond acceptors (Lipinski definition) is 2. The molecular formula is C7H9ClN2O. The molecule has 0 aliphatic rings. The van der Waals surface area contributed by atoms with Crippen LogP contribution in [-0.4, -0.2) is 16.0 Å². The first kappa shape index (κ1) is 8.27. The Balaban J connectivity index is 3.17. The Labute approximate surface area is 69.8 Å². The predicted molar refractivity (Wildman–Crippen MR) is 42.9 cm³/mol. The zero-order chi connectivity index (χ0) is 8.43. The van der Waals surface area contributed by atoms with Gasteiger partial charge in [0, 0.05) is 5.69 Å². The van der Waals surface area contributed by atoms with Gasteiger partial charge < -0.3 is 0 Å². The number of hydrogen-bond donors (Lipinski definition) is 1. The summed E-state index contributed by atoms with van der Waals surface area (Å²) >= 11 is 5.55. The summed E-state index contributed by atoms with van der Waals surface area (Å²) in [4.78, 5) is 11.0. The van der Waals surface area contributed by atoms with E-state index in [1.807, 2.05) is 0 Å². The average molecular weight is 173 g/mol. The summed E-state index contributed by atoms with van der Waals surface area (Å²) in [6.45, 7) is 3.31. The minimum Gasteiger partial charge on any atom is -0.294 e. The number of aryl methyl sites for hydroxylation is 1. The zero-order valence-electron chi connectivity index (χ0n) is 6.44. The van der Waals surface area contributed by atoms with E-state index in [1.165, 1.54) is 6.92 Å². The third-order valence-corrected chi connectivity index (χ3v) is 1.75. The van der Waals surface area contributed by atoms with Gasteiger partial charge in [-0.05, 0) is 13.8 Å². The minimum absolute atomic E-state index is 0.00639. The fraction of sp³-hybridized carbons (Fsp3) is 0.429. The Kier molecular flexibility index (Phi) is 2.29. The molecular weight excluding hydrogens is 164 g/mol. The first-order valence-corrected chi connectivity index (χ1v) is 3.81. The van der Waals surface area contributed by atoms with Gasteiger partial charge in [0.05, 0.1) is 17.1 Å². The summed E-state index contributed by atoms with van der Waals surface area (Å²) in [7, 11) is 0. The van der Waals surface area contributed by atoms with Crippen molar-refractivity contribution in [1.29, 1.82) is 0 Å². The highest BCUT2D eigenvalue weighted by atomic mass is 35.5. The zero-order valence-corrected chi connectivity index (χ0v) is 7.20. The molecule has 0 aliphatic heterocycles. The van der Waals surface area contributed by atoms with Crippen LogP contribution < -0.4 is 0 Å². The molecule has 1 heterocycles. The van der Waals surface area contributed by atoms with Crippen molar-refractivity contribution in [2.45, 2.75) is 19.7 Å². The molecule has 0 radical (unpaired) electrons. The smallest absolute Gasteiger partial charge is 0.163 e. The summed E-state index contributed by atoms with van der Waals surface area (Å²) in [5, 5.41) is 6.59. The van der Waals surface area contributed by atoms with Crippen LogP contribution in [0.1, 0.15) is 28.7 Å². The minimum atomic E-state index is 0.00639. The van der Waals surface area contributed by atoms with Gasteiger partial charge in [0.2, 0.25) is 0 Å². The Morgan fingerprint density at radius 2 is 2.36 bits per heavy atom. The number of nitrogens with one attached hydrogen (secondary N) is 1. The molecule has 1 aromatic rings. The monoisotopic (exact) mass is 172 g/mol. The molecule has 0 spiro atoms. The summed E-state index contributed by atoms with van der Waals surface area (Å²) in [6, 6.07) is 0. The quantitative estimate of drug-likeness (QED) is 0.545. The van der Waals surface area contributed by atoms with E-state index in [4.69, 9.17) is 11.6 Å². The van der Waals surface area contributed by atoms with Gasteiger partial charge in [0.15, 0.2) is 5.78 Å². The molecule has 0 atom stereocenters. The third kappa shape index (κ3) is 1.43. The number of alkyl halides is 1. The van der Waals surface area contributed by atoms with Crippen LogP contribution in [-0.2, 0) is 5.88 Å². The molecule has 0 saturated heterocycles. The first-order valence-electron chi connectivity index (χ1n) is 3.27. The number of Topliss-reactive ketones (excluding diaryl/α,β-unsaturated/α-hetero) is 1. The van der Waals surface area contributed by atoms with Gasteiger partial charge in [-0.15, -0.1) is 11.6 Å². The number of carbonyl (C=O) groups excluding carboxylic acids is 1. The molecule has 60 valence electrons. The number of halogens is 1. The molecule has 0 saturated carbocycles. The molecule has 0 amide bonds. The Hall–Kier alpha value is -0.830. The predicted octanol–water partition coefficient (Wildman–Crippen LogP) is 1.66. The molecule has 0 unspecified atom stereocenters. The molecule has 11 heavy (non-hydrogen) atoms. The van der Waals surface area contributed by atoms with E-state index in [-0.39, 0.29) is 11.7 Å². The van der Waals surface area contributed by atoms with Gasteiger partial charge in [0.1, 0.15) is 0 Å². The summed E-state index contributed by atoms with van der Waals surface area (Å²) in [6.07, 6.45) is 0. The molecule has 1 aromatic heterocycles. The van der Waals surface area contributed by atoms with Gasteiger partial charge in [-0.3, -0.25) is 9.89 Å². The standard InChI is InChI=1S/C7H9ClN2O/c1-4-7(5(2)11)6(3-8)10-9-4/h3H2,1-2H3,(H,9,10). The Morgan fingerprint density at radius 3 is 2.73 bits per heavy atom. The van der Waals surface area contributed by atoms with E-state index in [0.29, 0.717) is 11.3 Å². The van der Waals surface area contributed by atoms with E-state index >= 15 is 0 Å². The van der Waals surface area contributed by atoms with E-state index in [9.17, 15) is 4.79 Å². The first-order chi connectivity index (χ1) is 5.16. The number of rotatable bonds is 2. The molecule has 0 aromatic carbocycles. The highest BCUT2D eigenvalue weighted by Crippen LogP contribution is 2.12. The van der Waals surface area contributed by atoms with Gasteiger partial charge in [0.25, 0.3) is 0 Å². The summed E-state index contributed by atoms with van der Waals surface area (Å²) < 4.78 is 0. The van der Waals surface area contributed by atoms with Crippen LogP contribution in [0.5, 0.6) is 0 Å². The number of aromatic amines is 1. The highest BCUT2D eigenvalue weighted by Gasteiger charge is 2.12. The second-order valence-corrected chi connectivity index (χ2v) is 2.63. The maximum absolute atomic E-state index is 11.0. The van der Waals surface area contributed by atoms with E-state index in [2.05, 4.69) is 10.2 Å². The average Bonchev–Trinajstić information content (AvgIpc) is 2.30. The van der Waals surface area contributed by atoms with Crippen molar-refractivity contribution >= 4 is 17.4 Å². The van der Waals surface area contributed by atoms with Crippen LogP contribution in [0, 0.1) is 6.92 Å². The van der Waals surface area contributed by atoms with Crippen LogP contribution in [0.2, 0.25) is 0 Å². The number of nitrogens with zero attached hydrogens (tertiary/aromatic N) is 1. The van der Waals surface area contributed by atoms with Crippen molar-refractivity contribution in [3.8, 4) is 0 Å². The van der Waals surface area contributed by atoms with Gasteiger partial charge >= 0.3 is 0 Å². The van der Waals surface area contributed by atoms with Gasteiger partial charge in [-0.25, -0.2) is 0 Å². The lowest BCUT2D eigenvalue weighted by molar-refractivity contribution is 0.101. The van der Waals surface area contributed by atoms with Crippen molar-refractivity contribution in [3.63, 3.8) is 0 Å². The van der Waals surface area contributed by atoms with Crippen molar-refractivity contribution < 1.29 is 4.79 Å². The van der Waals surface area contributed by atoms with Crippen molar-refractivity contribution in [2.24, 2.45) is 0 Å². The second kappa shape index (κ2) is 3.05. The molecule has 0 aliphatic carbocycles. The maximum Gasteiger partial charge on any atom is 0.163 e. The summed E-state index contributed by atoms with van der Waals surface area (Å²) in [5.74, 6) is 0.283. The molecule has 3 nitrogen and oxygen atoms in total. The number of carbonyl (C=O) groups is 1. The Bertz CT molecular complexity index is 280. The lowest BCUT2D eigenvalue weighted by Gasteiger charge is -1.93. The molecule has 0 bridgehead atoms. The molecule has 1 rings (SSSR count). The lowest BCUT2D eigenvalue weighted by Crippen LogP contribution is -1.96. The third-order valence-electron chi connectivity index (χ3n) is 1.50. The fourth-order valence-corrected chi connectivity index (χ4v) is 1.24. The van der Waals surface area contributed by atoms with Crippen LogP contribution in [0.3, 0.4) is 0 Å². The van der Waals surface area contributed by atoms with Gasteiger partial charge in [-0.2, -0.15) is 5.10 Å². The molecule has 0 fully saturated rings. The van der Waals surface area contributed by atoms with Crippen molar-refractivity contribution in [3.05, 3.63) is 17.0 Å². The van der Waals surface area contributed by atoms with Crippen LogP contribution in [0.25, 0.3) is 0 Å². The SMILES string of the molecule is CC(=O)c1c(CCl)n[nH]c1C. The van der Waals surface area contributed by atoms with E-state index in [1.54, 1.807) is 6.92 Å². The van der Waals surface area contributed by atoms with Crippen molar-refractivity contribution in [1.82, 2.24) is 10.2 Å². The van der Waals surface area contributed by atoms with Crippen molar-refractivity contribution in [2.75, 3.05) is 0 Å². The number of aromatic nitrogens is 2. The van der Waals surface area contributed by atoms with E-state index < -0.39 is 0 Å². The van der Waals surface area contributed by atoms with Gasteiger partial charge in [-0.1, -0.05) is 0 Å². The maximum atomic E-state index is 11.0. The largest absolute Gasteiger partial charge is 0.294 e. The summed E-state index contributed by atoms with van der Waals surface area (Å²) in [5.41, 5.74) is 2.05. The van der Waals surface area contributed by atoms with Crippen LogP contribution in [0.4, 0.5) is 0 Å². The van der Waals surface area contributed by atoms with Crippen LogP contribution >= 0.6 is 11.6 Å². The normalized spacial score (nSPS) is 10.1. The number of H-pyrrole nitrogens is 1. The topological polar surface area (TPSA) is 45.8 Å². The molecule has 4 heteroatoms. The number of ketones is 1. The Morgan fingerprint density at radius 1 is 1.73 bits per heavy atom. The second-order valence-electron chi connectivity index (χ2n) is 2.36. The highest BCUT2D eigenvalue weighted by molar-refractivity contribution is 6.17. The lowest BCUT2D eigenvalue weighted by atomic mass is 10.1. The molecule has 1 N–H and O–H groups in total. The fourth-order valence-electron chi connectivity index (χ4n) is 1.04. The van der Waals surface area contributed by atoms with Crippen LogP contribution in [0.15, 0.2) is 0 Å².